The van der Waals surface area contributed by atoms with Crippen LogP contribution in [0.1, 0.15) is 43.8 Å². The number of ether oxygens (including phenoxy) is 1. The summed E-state index contributed by atoms with van der Waals surface area (Å²) >= 11 is 1.50. The van der Waals surface area contributed by atoms with Gasteiger partial charge in [-0.15, -0.1) is 11.3 Å². The first-order valence-corrected chi connectivity index (χ1v) is 20.4. The van der Waals surface area contributed by atoms with E-state index in [-0.39, 0.29) is 11.9 Å². The molecule has 0 saturated carbocycles. The van der Waals surface area contributed by atoms with Crippen LogP contribution in [0.3, 0.4) is 0 Å². The van der Waals surface area contributed by atoms with Crippen LogP contribution in [0.15, 0.2) is 36.1 Å². The van der Waals surface area contributed by atoms with Crippen LogP contribution in [-0.2, 0) is 30.4 Å². The van der Waals surface area contributed by atoms with Crippen molar-refractivity contribution in [1.82, 2.24) is 34.9 Å². The molecule has 1 unspecified atom stereocenters. The Bertz CT molecular complexity index is 1710. The normalized spacial score (nSPS) is 17.6. The van der Waals surface area contributed by atoms with Crippen molar-refractivity contribution in [2.75, 3.05) is 51.7 Å². The van der Waals surface area contributed by atoms with Gasteiger partial charge in [0.15, 0.2) is 11.9 Å². The first kappa shape index (κ1) is 33.7. The number of likely N-dealkylation sites (N-methyl/N-ethyl adjacent to an activating group) is 1. The van der Waals surface area contributed by atoms with Gasteiger partial charge >= 0.3 is 6.18 Å². The minimum Gasteiger partial charge on any atom is -0.357 e. The summed E-state index contributed by atoms with van der Waals surface area (Å²) in [5, 5.41) is 13.1. The number of aromatic nitrogens is 4. The molecule has 6 heterocycles. The Hall–Kier alpha value is -3.21. The number of nitrogens with one attached hydrogen (secondary N) is 2. The Morgan fingerprint density at radius 2 is 1.91 bits per heavy atom. The Kier molecular flexibility index (Phi) is 9.83. The average molecular weight is 687 g/mol. The van der Waals surface area contributed by atoms with E-state index in [0.717, 1.165) is 78.1 Å². The van der Waals surface area contributed by atoms with Gasteiger partial charge in [0.25, 0.3) is 5.91 Å². The number of fused-ring (bicyclic) bond motifs is 2. The third-order valence-corrected chi connectivity index (χ3v) is 11.5. The number of amides is 1. The van der Waals surface area contributed by atoms with Crippen molar-refractivity contribution in [2.24, 2.45) is 0 Å². The first-order valence-electron chi connectivity index (χ1n) is 15.9. The van der Waals surface area contributed by atoms with Crippen molar-refractivity contribution < 1.29 is 22.7 Å². The summed E-state index contributed by atoms with van der Waals surface area (Å²) in [5.74, 6) is -0.429. The van der Waals surface area contributed by atoms with Crippen molar-refractivity contribution in [3.63, 3.8) is 0 Å². The second kappa shape index (κ2) is 13.7. The number of rotatable bonds is 10. The molecule has 0 radical (unpaired) electrons. The monoisotopic (exact) mass is 686 g/mol. The fraction of sp³-hybridized carbons (Fsp3) is 0.500. The van der Waals surface area contributed by atoms with Gasteiger partial charge in [0.1, 0.15) is 0 Å². The molecule has 4 aromatic heterocycles. The predicted molar refractivity (Wildman–Crippen MR) is 179 cm³/mol. The third-order valence-electron chi connectivity index (χ3n) is 8.74. The molecule has 1 fully saturated rings. The minimum absolute atomic E-state index is 0.0139. The van der Waals surface area contributed by atoms with Gasteiger partial charge in [-0.25, -0.2) is 4.98 Å². The van der Waals surface area contributed by atoms with Crippen molar-refractivity contribution in [3.05, 3.63) is 68.9 Å². The Morgan fingerprint density at radius 3 is 2.66 bits per heavy atom. The molecule has 0 aromatic carbocycles. The van der Waals surface area contributed by atoms with E-state index in [1.807, 2.05) is 6.20 Å². The number of piperazine rings is 1. The zero-order chi connectivity index (χ0) is 33.3. The highest BCUT2D eigenvalue weighted by molar-refractivity contribution is 7.10. The number of thiophene rings is 1. The van der Waals surface area contributed by atoms with E-state index in [4.69, 9.17) is 4.74 Å². The lowest BCUT2D eigenvalue weighted by Gasteiger charge is -2.37. The molecule has 2 aliphatic rings. The molecule has 47 heavy (non-hydrogen) atoms. The van der Waals surface area contributed by atoms with Crippen molar-refractivity contribution in [2.45, 2.75) is 57.6 Å². The maximum absolute atomic E-state index is 13.1. The molecule has 2 aliphatic heterocycles. The number of carbonyl (C=O) groups excluding carboxylic acids is 1. The van der Waals surface area contributed by atoms with Gasteiger partial charge in [0.05, 0.1) is 28.7 Å². The molecule has 1 amide bonds. The number of hydrogen-bond donors (Lipinski definition) is 2. The molecule has 1 saturated heterocycles. The highest BCUT2D eigenvalue weighted by atomic mass is 32.1. The zero-order valence-electron chi connectivity index (χ0n) is 27.2. The van der Waals surface area contributed by atoms with Crippen LogP contribution < -0.4 is 5.32 Å². The molecule has 0 bridgehead atoms. The lowest BCUT2D eigenvalue weighted by Crippen LogP contribution is -2.46. The first-order chi connectivity index (χ1) is 22.3. The van der Waals surface area contributed by atoms with Crippen LogP contribution in [0, 0.1) is 0 Å². The van der Waals surface area contributed by atoms with Crippen LogP contribution in [0.25, 0.3) is 11.0 Å². The van der Waals surface area contributed by atoms with Gasteiger partial charge in [0, 0.05) is 88.5 Å². The molecule has 4 aromatic rings. The fourth-order valence-corrected chi connectivity index (χ4v) is 7.82. The molecule has 0 spiro atoms. The van der Waals surface area contributed by atoms with Crippen molar-refractivity contribution in [3.8, 4) is 0 Å². The second-order valence-electron chi connectivity index (χ2n) is 13.7. The number of nitrogens with zero attached hydrogens (tertiary/aromatic N) is 6. The molecular formula is C32H41F3N8O2SSi. The molecule has 1 atom stereocenters. The number of hydrogen-bond acceptors (Lipinski definition) is 9. The van der Waals surface area contributed by atoms with Crippen LogP contribution in [-0.4, -0.2) is 95.2 Å². The van der Waals surface area contributed by atoms with Gasteiger partial charge in [-0.3, -0.25) is 24.7 Å². The lowest BCUT2D eigenvalue weighted by atomic mass is 10.0. The Labute approximate surface area is 277 Å². The zero-order valence-corrected chi connectivity index (χ0v) is 29.0. The van der Waals surface area contributed by atoms with Crippen molar-refractivity contribution >= 4 is 42.0 Å². The van der Waals surface area contributed by atoms with Crippen LogP contribution in [0.4, 0.5) is 18.9 Å². The smallest absolute Gasteiger partial charge is 0.357 e. The molecule has 15 heteroatoms. The summed E-state index contributed by atoms with van der Waals surface area (Å²) in [7, 11) is 0.877. The van der Waals surface area contributed by atoms with E-state index in [0.29, 0.717) is 37.3 Å². The maximum atomic E-state index is 13.1. The molecule has 252 valence electrons. The van der Waals surface area contributed by atoms with Crippen LogP contribution in [0.2, 0.25) is 25.7 Å². The number of carbonyl (C=O) groups is 1. The van der Waals surface area contributed by atoms with E-state index < -0.39 is 25.7 Å². The molecular weight excluding hydrogens is 646 g/mol. The van der Waals surface area contributed by atoms with E-state index in [9.17, 15) is 18.0 Å². The van der Waals surface area contributed by atoms with E-state index in [2.05, 4.69) is 72.9 Å². The summed E-state index contributed by atoms with van der Waals surface area (Å²) in [6, 6.07) is 4.14. The minimum atomic E-state index is -4.54. The van der Waals surface area contributed by atoms with Crippen LogP contribution >= 0.6 is 11.3 Å². The number of H-pyrrole nitrogens is 1. The average Bonchev–Trinajstić information content (AvgIpc) is 3.63. The summed E-state index contributed by atoms with van der Waals surface area (Å²) in [4.78, 5) is 29.5. The summed E-state index contributed by atoms with van der Waals surface area (Å²) < 4.78 is 45.9. The number of pyridine rings is 2. The molecule has 0 aliphatic carbocycles. The molecule has 10 nitrogen and oxygen atoms in total. The summed E-state index contributed by atoms with van der Waals surface area (Å²) in [6.45, 7) is 13.6. The fourth-order valence-electron chi connectivity index (χ4n) is 5.97. The van der Waals surface area contributed by atoms with E-state index in [1.54, 1.807) is 5.38 Å². The number of halogens is 3. The summed E-state index contributed by atoms with van der Waals surface area (Å²) in [6.07, 6.45) is -0.266. The largest absolute Gasteiger partial charge is 0.417 e. The number of aromatic amines is 1. The van der Waals surface area contributed by atoms with Gasteiger partial charge in [-0.2, -0.15) is 18.3 Å². The Morgan fingerprint density at radius 1 is 1.13 bits per heavy atom. The van der Waals surface area contributed by atoms with E-state index >= 15 is 0 Å². The standard InChI is InChI=1S/C32H41F3N8O2SSi/c1-41-7-9-43(10-8-41)31(45-11-12-47(2,3)4)28-25-13-21(15-37-29(25)40-39-28)18-42-6-5-24-26(20-46-27(24)19-42)30(44)38-23-14-22(16-36-17-23)32(33,34)35/h13-17,20,31H,5-12,18-19H2,1-4H3,(H,38,44)(H,37,39,40). The van der Waals surface area contributed by atoms with Crippen LogP contribution in [0.5, 0.6) is 0 Å². The quantitative estimate of drug-likeness (QED) is 0.201. The lowest BCUT2D eigenvalue weighted by molar-refractivity contribution is -0.137. The molecule has 2 N–H and O–H groups in total. The predicted octanol–water partition coefficient (Wildman–Crippen LogP) is 5.84. The van der Waals surface area contributed by atoms with Gasteiger partial charge < -0.3 is 15.0 Å². The topological polar surface area (TPSA) is 103 Å². The maximum Gasteiger partial charge on any atom is 0.417 e. The van der Waals surface area contributed by atoms with Gasteiger partial charge in [-0.1, -0.05) is 19.6 Å². The summed E-state index contributed by atoms with van der Waals surface area (Å²) in [5.41, 5.74) is 3.23. The number of anilines is 1. The highest BCUT2D eigenvalue weighted by Crippen LogP contribution is 2.33. The van der Waals surface area contributed by atoms with Crippen molar-refractivity contribution in [1.29, 1.82) is 0 Å². The van der Waals surface area contributed by atoms with E-state index in [1.165, 1.54) is 17.5 Å². The van der Waals surface area contributed by atoms with Gasteiger partial charge in [0.2, 0.25) is 0 Å². The van der Waals surface area contributed by atoms with Gasteiger partial charge in [-0.05, 0) is 42.8 Å². The SMILES string of the molecule is CN1CCN(C(OCC[Si](C)(C)C)c2[nH]nc3ncc(CN4CCc5c(C(=O)Nc6cncc(C(F)(F)F)c6)csc5C4)cc23)CC1. The molecule has 6 rings (SSSR count). The third kappa shape index (κ3) is 8.09. The highest BCUT2D eigenvalue weighted by Gasteiger charge is 2.32. The second-order valence-corrected chi connectivity index (χ2v) is 20.2. The number of alkyl halides is 3. The Balaban J connectivity index is 1.15.